The lowest BCUT2D eigenvalue weighted by Gasteiger charge is -2.18. The molecule has 1 aromatic heterocycles. The maximum Gasteiger partial charge on any atom is 0.300 e. The highest BCUT2D eigenvalue weighted by Gasteiger charge is 2.32. The second-order valence-electron chi connectivity index (χ2n) is 8.64. The molecule has 0 fully saturated rings. The van der Waals surface area contributed by atoms with Gasteiger partial charge in [-0.15, -0.1) is 10.2 Å². The molecule has 0 spiro atoms. The highest BCUT2D eigenvalue weighted by Crippen LogP contribution is 2.35. The van der Waals surface area contributed by atoms with Gasteiger partial charge >= 0.3 is 0 Å². The number of hydrogen-bond donors (Lipinski definition) is 2. The maximum atomic E-state index is 13.3. The van der Waals surface area contributed by atoms with Crippen LogP contribution in [0.15, 0.2) is 51.4 Å². The molecule has 0 atom stereocenters. The van der Waals surface area contributed by atoms with Crippen LogP contribution < -0.4 is 11.0 Å². The number of fused-ring (bicyclic) bond motifs is 2. The van der Waals surface area contributed by atoms with E-state index >= 15 is 0 Å². The summed E-state index contributed by atoms with van der Waals surface area (Å²) in [7, 11) is 0. The van der Waals surface area contributed by atoms with Crippen molar-refractivity contribution in [2.75, 3.05) is 12.0 Å². The Bertz CT molecular complexity index is 1550. The molecule has 1 aliphatic carbocycles. The van der Waals surface area contributed by atoms with Crippen LogP contribution in [0, 0.1) is 18.3 Å². The van der Waals surface area contributed by atoms with Gasteiger partial charge in [0.25, 0.3) is 5.56 Å². The summed E-state index contributed by atoms with van der Waals surface area (Å²) in [6.45, 7) is 3.97. The minimum atomic E-state index is -0.697. The Morgan fingerprint density at radius 3 is 2.54 bits per heavy atom. The lowest BCUT2D eigenvalue weighted by atomic mass is 9.83. The van der Waals surface area contributed by atoms with Gasteiger partial charge in [0, 0.05) is 33.8 Å². The monoisotopic (exact) mass is 517 g/mol. The van der Waals surface area contributed by atoms with Crippen molar-refractivity contribution in [3.05, 3.63) is 85.2 Å². The van der Waals surface area contributed by atoms with Crippen LogP contribution in [0.4, 0.5) is 11.4 Å². The number of benzene rings is 2. The van der Waals surface area contributed by atoms with E-state index in [4.69, 9.17) is 11.6 Å². The first-order valence-electron chi connectivity index (χ1n) is 11.9. The number of aromatic hydroxyl groups is 1. The Kier molecular flexibility index (Phi) is 7.50. The fourth-order valence-corrected chi connectivity index (χ4v) is 4.41. The number of aromatic nitrogens is 1. The van der Waals surface area contributed by atoms with Gasteiger partial charge in [-0.1, -0.05) is 49.9 Å². The topological polar surface area (TPSA) is 137 Å². The number of unbranched alkanes of at least 4 members (excludes halogenated alkanes) is 3. The van der Waals surface area contributed by atoms with E-state index in [-0.39, 0.29) is 50.5 Å². The number of halogens is 1. The molecular weight excluding hydrogens is 494 g/mol. The average Bonchev–Trinajstić information content (AvgIpc) is 2.88. The molecule has 2 aromatic carbocycles. The summed E-state index contributed by atoms with van der Waals surface area (Å²) in [5, 5.41) is 28.6. The lowest BCUT2D eigenvalue weighted by molar-refractivity contribution is 0.0979. The number of nitrogens with one attached hydrogen (secondary N) is 1. The highest BCUT2D eigenvalue weighted by atomic mass is 35.5. The molecule has 3 aromatic rings. The molecule has 37 heavy (non-hydrogen) atoms. The lowest BCUT2D eigenvalue weighted by Crippen LogP contribution is -2.30. The van der Waals surface area contributed by atoms with E-state index in [0.717, 1.165) is 30.4 Å². The van der Waals surface area contributed by atoms with E-state index in [1.165, 1.54) is 31.2 Å². The number of ketones is 2. The number of rotatable bonds is 8. The van der Waals surface area contributed by atoms with Gasteiger partial charge < -0.3 is 10.5 Å². The van der Waals surface area contributed by atoms with Crippen LogP contribution in [0.3, 0.4) is 0 Å². The summed E-state index contributed by atoms with van der Waals surface area (Å²) in [6, 6.07) is 11.0. The molecule has 0 bridgehead atoms. The number of nitrogens with zero attached hydrogens (tertiary/aromatic N) is 4. The van der Waals surface area contributed by atoms with Crippen molar-refractivity contribution >= 4 is 34.5 Å². The van der Waals surface area contributed by atoms with E-state index in [0.29, 0.717) is 11.6 Å². The zero-order valence-corrected chi connectivity index (χ0v) is 21.1. The molecular formula is C27H24ClN5O4. The number of carbonyl (C=O) groups excluding carboxylic acids is 2. The standard InChI is InChI=1S/C27H24ClN5O4/c1-3-4-5-6-12-30-33-26(36)20(14-29)15(2)23(27(33)37)32-31-21-9-7-8-18-22(21)25(35)19-13-16(28)10-11-17(19)24(18)34/h7-11,13,30,36H,3-6,12H2,1-2H3. The first kappa shape index (κ1) is 25.8. The Balaban J connectivity index is 1.76. The van der Waals surface area contributed by atoms with Gasteiger partial charge in [0.05, 0.1) is 11.3 Å². The molecule has 1 aliphatic rings. The third-order valence-corrected chi connectivity index (χ3v) is 6.46. The Morgan fingerprint density at radius 1 is 1.03 bits per heavy atom. The first-order valence-corrected chi connectivity index (χ1v) is 12.2. The van der Waals surface area contributed by atoms with Gasteiger partial charge in [-0.25, -0.2) is 0 Å². The Morgan fingerprint density at radius 2 is 1.81 bits per heavy atom. The number of hydrogen-bond acceptors (Lipinski definition) is 8. The van der Waals surface area contributed by atoms with Gasteiger partial charge in [-0.05, 0) is 37.6 Å². The van der Waals surface area contributed by atoms with Crippen molar-refractivity contribution in [2.45, 2.75) is 39.5 Å². The van der Waals surface area contributed by atoms with Crippen molar-refractivity contribution in [3.8, 4) is 11.9 Å². The molecule has 4 rings (SSSR count). The molecule has 0 amide bonds. The second-order valence-corrected chi connectivity index (χ2v) is 9.08. The smallest absolute Gasteiger partial charge is 0.300 e. The zero-order chi connectivity index (χ0) is 26.7. The predicted octanol–water partition coefficient (Wildman–Crippen LogP) is 5.70. The summed E-state index contributed by atoms with van der Waals surface area (Å²) < 4.78 is 0.888. The summed E-state index contributed by atoms with van der Waals surface area (Å²) in [5.74, 6) is -1.29. The van der Waals surface area contributed by atoms with Gasteiger partial charge in [0.1, 0.15) is 11.6 Å². The molecule has 1 heterocycles. The Hall–Kier alpha value is -4.29. The molecule has 0 saturated heterocycles. The van der Waals surface area contributed by atoms with E-state index in [9.17, 15) is 24.8 Å². The minimum absolute atomic E-state index is 0.0531. The third kappa shape index (κ3) is 4.76. The van der Waals surface area contributed by atoms with Crippen molar-refractivity contribution in [1.82, 2.24) is 4.68 Å². The number of pyridine rings is 1. The van der Waals surface area contributed by atoms with Crippen molar-refractivity contribution in [1.29, 1.82) is 5.26 Å². The summed E-state index contributed by atoms with van der Waals surface area (Å²) in [4.78, 5) is 39.5. The summed E-state index contributed by atoms with van der Waals surface area (Å²) in [6.07, 6.45) is 3.81. The predicted molar refractivity (Wildman–Crippen MR) is 139 cm³/mol. The highest BCUT2D eigenvalue weighted by molar-refractivity contribution is 6.34. The van der Waals surface area contributed by atoms with Crippen LogP contribution >= 0.6 is 11.6 Å². The van der Waals surface area contributed by atoms with E-state index in [1.54, 1.807) is 12.1 Å². The largest absolute Gasteiger partial charge is 0.492 e. The second kappa shape index (κ2) is 10.8. The van der Waals surface area contributed by atoms with Crippen LogP contribution in [0.5, 0.6) is 5.88 Å². The summed E-state index contributed by atoms with van der Waals surface area (Å²) in [5.41, 5.74) is 2.71. The minimum Gasteiger partial charge on any atom is -0.492 e. The number of carbonyl (C=O) groups is 2. The fraction of sp³-hybridized carbons (Fsp3) is 0.259. The first-order chi connectivity index (χ1) is 17.8. The molecule has 9 nitrogen and oxygen atoms in total. The van der Waals surface area contributed by atoms with Crippen molar-refractivity contribution in [2.24, 2.45) is 10.2 Å². The molecule has 0 saturated carbocycles. The van der Waals surface area contributed by atoms with Crippen LogP contribution in [0.25, 0.3) is 0 Å². The molecule has 2 N–H and O–H groups in total. The Labute approximate surface area is 218 Å². The fourth-order valence-electron chi connectivity index (χ4n) is 4.24. The number of azo groups is 1. The zero-order valence-electron chi connectivity index (χ0n) is 20.3. The number of nitriles is 1. The third-order valence-electron chi connectivity index (χ3n) is 6.23. The molecule has 10 heteroatoms. The van der Waals surface area contributed by atoms with Crippen LogP contribution in [-0.4, -0.2) is 27.9 Å². The van der Waals surface area contributed by atoms with Crippen molar-refractivity contribution < 1.29 is 14.7 Å². The molecule has 188 valence electrons. The van der Waals surface area contributed by atoms with Gasteiger partial charge in [0.2, 0.25) is 5.88 Å². The van der Waals surface area contributed by atoms with E-state index in [1.807, 2.05) is 6.07 Å². The molecule has 0 radical (unpaired) electrons. The van der Waals surface area contributed by atoms with E-state index in [2.05, 4.69) is 22.6 Å². The van der Waals surface area contributed by atoms with Crippen LogP contribution in [-0.2, 0) is 0 Å². The van der Waals surface area contributed by atoms with Gasteiger partial charge in [-0.2, -0.15) is 9.94 Å². The SMILES string of the molecule is CCCCCCNn1c(O)c(C#N)c(C)c(N=Nc2cccc3c2C(=O)c2cc(Cl)ccc2C3=O)c1=O. The maximum absolute atomic E-state index is 13.3. The van der Waals surface area contributed by atoms with Gasteiger partial charge in [0.15, 0.2) is 17.3 Å². The van der Waals surface area contributed by atoms with E-state index < -0.39 is 17.2 Å². The quantitative estimate of drug-likeness (QED) is 0.227. The average molecular weight is 518 g/mol. The molecule has 0 aliphatic heterocycles. The molecule has 0 unspecified atom stereocenters. The van der Waals surface area contributed by atoms with Gasteiger partial charge in [-0.3, -0.25) is 14.4 Å². The van der Waals surface area contributed by atoms with Crippen molar-refractivity contribution in [3.63, 3.8) is 0 Å². The van der Waals surface area contributed by atoms with Crippen LogP contribution in [0.1, 0.15) is 75.6 Å². The van der Waals surface area contributed by atoms with Crippen LogP contribution in [0.2, 0.25) is 5.02 Å². The normalized spacial score (nSPS) is 12.4. The summed E-state index contributed by atoms with van der Waals surface area (Å²) >= 11 is 6.05.